The van der Waals surface area contributed by atoms with Gasteiger partial charge >= 0.3 is 0 Å². The summed E-state index contributed by atoms with van der Waals surface area (Å²) in [5.74, 6) is -0.159. The first-order valence-electron chi connectivity index (χ1n) is 8.01. The molecule has 1 fully saturated rings. The maximum atomic E-state index is 13.0. The van der Waals surface area contributed by atoms with E-state index in [1.54, 1.807) is 12.1 Å². The van der Waals surface area contributed by atoms with Crippen LogP contribution < -0.4 is 5.32 Å². The molecule has 1 aromatic rings. The standard InChI is InChI=1S/C17H27FN2/c1-2-17(15-7-9-16(18)10-8-15)19-11-14-20-12-5-3-4-6-13-20/h7-10,17,19H,2-6,11-14H2,1H3. The van der Waals surface area contributed by atoms with Gasteiger partial charge in [0.05, 0.1) is 0 Å². The highest BCUT2D eigenvalue weighted by Crippen LogP contribution is 2.16. The Morgan fingerprint density at radius 3 is 2.35 bits per heavy atom. The van der Waals surface area contributed by atoms with Gasteiger partial charge in [-0.3, -0.25) is 0 Å². The van der Waals surface area contributed by atoms with Crippen LogP contribution in [-0.4, -0.2) is 31.1 Å². The van der Waals surface area contributed by atoms with Crippen LogP contribution in [0.25, 0.3) is 0 Å². The second-order valence-corrected chi connectivity index (χ2v) is 5.72. The van der Waals surface area contributed by atoms with Gasteiger partial charge in [0.15, 0.2) is 0 Å². The van der Waals surface area contributed by atoms with Gasteiger partial charge in [0, 0.05) is 19.1 Å². The van der Waals surface area contributed by atoms with Gasteiger partial charge in [0.2, 0.25) is 0 Å². The Morgan fingerprint density at radius 1 is 1.10 bits per heavy atom. The van der Waals surface area contributed by atoms with E-state index in [0.717, 1.165) is 19.5 Å². The molecular formula is C17H27FN2. The lowest BCUT2D eigenvalue weighted by molar-refractivity contribution is 0.278. The van der Waals surface area contributed by atoms with E-state index in [1.807, 2.05) is 12.1 Å². The molecule has 20 heavy (non-hydrogen) atoms. The largest absolute Gasteiger partial charge is 0.309 e. The second kappa shape index (κ2) is 8.38. The molecule has 1 N–H and O–H groups in total. The van der Waals surface area contributed by atoms with Crippen molar-refractivity contribution in [1.82, 2.24) is 10.2 Å². The topological polar surface area (TPSA) is 15.3 Å². The molecule has 2 rings (SSSR count). The first kappa shape index (κ1) is 15.5. The highest BCUT2D eigenvalue weighted by atomic mass is 19.1. The maximum absolute atomic E-state index is 13.0. The number of nitrogens with zero attached hydrogens (tertiary/aromatic N) is 1. The monoisotopic (exact) mass is 278 g/mol. The SMILES string of the molecule is CCC(NCCN1CCCCCC1)c1ccc(F)cc1. The van der Waals surface area contributed by atoms with E-state index < -0.39 is 0 Å². The van der Waals surface area contributed by atoms with E-state index in [2.05, 4.69) is 17.1 Å². The van der Waals surface area contributed by atoms with Crippen LogP contribution >= 0.6 is 0 Å². The number of hydrogen-bond acceptors (Lipinski definition) is 2. The number of nitrogens with one attached hydrogen (secondary N) is 1. The summed E-state index contributed by atoms with van der Waals surface area (Å²) in [4.78, 5) is 2.57. The molecule has 0 radical (unpaired) electrons. The van der Waals surface area contributed by atoms with Crippen molar-refractivity contribution in [2.45, 2.75) is 45.1 Å². The zero-order chi connectivity index (χ0) is 14.2. The summed E-state index contributed by atoms with van der Waals surface area (Å²) in [5.41, 5.74) is 1.18. The van der Waals surface area contributed by atoms with E-state index >= 15 is 0 Å². The van der Waals surface area contributed by atoms with Crippen LogP contribution in [0, 0.1) is 5.82 Å². The molecule has 1 atom stereocenters. The van der Waals surface area contributed by atoms with Gasteiger partial charge in [-0.2, -0.15) is 0 Å². The molecule has 1 unspecified atom stereocenters. The van der Waals surface area contributed by atoms with Gasteiger partial charge in [-0.15, -0.1) is 0 Å². The Kier molecular flexibility index (Phi) is 6.48. The highest BCUT2D eigenvalue weighted by molar-refractivity contribution is 5.19. The number of likely N-dealkylation sites (tertiary alicyclic amines) is 1. The molecule has 1 aromatic carbocycles. The molecule has 1 aliphatic rings. The van der Waals surface area contributed by atoms with E-state index in [0.29, 0.717) is 6.04 Å². The smallest absolute Gasteiger partial charge is 0.123 e. The highest BCUT2D eigenvalue weighted by Gasteiger charge is 2.11. The van der Waals surface area contributed by atoms with Gasteiger partial charge in [0.1, 0.15) is 5.82 Å². The average Bonchev–Trinajstić information content (AvgIpc) is 2.74. The molecule has 0 bridgehead atoms. The Balaban J connectivity index is 1.77. The van der Waals surface area contributed by atoms with Crippen LogP contribution in [-0.2, 0) is 0 Å². The minimum Gasteiger partial charge on any atom is -0.309 e. The van der Waals surface area contributed by atoms with Crippen molar-refractivity contribution in [2.75, 3.05) is 26.2 Å². The van der Waals surface area contributed by atoms with E-state index in [-0.39, 0.29) is 5.82 Å². The third-order valence-electron chi connectivity index (χ3n) is 4.20. The van der Waals surface area contributed by atoms with Crippen molar-refractivity contribution in [2.24, 2.45) is 0 Å². The summed E-state index contributed by atoms with van der Waals surface area (Å²) in [7, 11) is 0. The second-order valence-electron chi connectivity index (χ2n) is 5.72. The quantitative estimate of drug-likeness (QED) is 0.852. The summed E-state index contributed by atoms with van der Waals surface area (Å²) in [5, 5.41) is 3.61. The number of benzene rings is 1. The summed E-state index contributed by atoms with van der Waals surface area (Å²) < 4.78 is 13.0. The van der Waals surface area contributed by atoms with Crippen LogP contribution in [0.3, 0.4) is 0 Å². The van der Waals surface area contributed by atoms with Crippen LogP contribution in [0.2, 0.25) is 0 Å². The molecule has 0 aliphatic carbocycles. The molecule has 0 spiro atoms. The van der Waals surface area contributed by atoms with Crippen molar-refractivity contribution in [3.8, 4) is 0 Å². The van der Waals surface area contributed by atoms with Gasteiger partial charge in [-0.1, -0.05) is 31.9 Å². The van der Waals surface area contributed by atoms with Crippen LogP contribution in [0.15, 0.2) is 24.3 Å². The number of rotatable bonds is 6. The van der Waals surface area contributed by atoms with Crippen molar-refractivity contribution in [3.63, 3.8) is 0 Å². The molecule has 1 aliphatic heterocycles. The number of halogens is 1. The molecule has 0 aromatic heterocycles. The fourth-order valence-electron chi connectivity index (χ4n) is 2.95. The van der Waals surface area contributed by atoms with E-state index in [1.165, 1.54) is 44.3 Å². The van der Waals surface area contributed by atoms with Crippen LogP contribution in [0.4, 0.5) is 4.39 Å². The molecule has 1 saturated heterocycles. The Labute approximate surface area is 122 Å². The molecule has 0 saturated carbocycles. The summed E-state index contributed by atoms with van der Waals surface area (Å²) in [6.07, 6.45) is 6.49. The predicted molar refractivity (Wildman–Crippen MR) is 82.3 cm³/mol. The Bertz CT molecular complexity index is 369. The lowest BCUT2D eigenvalue weighted by atomic mass is 10.0. The van der Waals surface area contributed by atoms with E-state index in [9.17, 15) is 4.39 Å². The molecule has 112 valence electrons. The van der Waals surface area contributed by atoms with Crippen molar-refractivity contribution in [1.29, 1.82) is 0 Å². The van der Waals surface area contributed by atoms with Gasteiger partial charge in [0.25, 0.3) is 0 Å². The zero-order valence-electron chi connectivity index (χ0n) is 12.6. The summed E-state index contributed by atoms with van der Waals surface area (Å²) >= 11 is 0. The lowest BCUT2D eigenvalue weighted by Crippen LogP contribution is -2.34. The lowest BCUT2D eigenvalue weighted by Gasteiger charge is -2.23. The summed E-state index contributed by atoms with van der Waals surface area (Å²) in [6, 6.07) is 7.22. The van der Waals surface area contributed by atoms with Gasteiger partial charge < -0.3 is 10.2 Å². The van der Waals surface area contributed by atoms with E-state index in [4.69, 9.17) is 0 Å². The number of hydrogen-bond donors (Lipinski definition) is 1. The minimum absolute atomic E-state index is 0.159. The third-order valence-corrected chi connectivity index (χ3v) is 4.20. The third kappa shape index (κ3) is 4.88. The Morgan fingerprint density at radius 2 is 1.75 bits per heavy atom. The van der Waals surface area contributed by atoms with Gasteiger partial charge in [-0.05, 0) is 50.0 Å². The minimum atomic E-state index is -0.159. The van der Waals surface area contributed by atoms with Crippen LogP contribution in [0.5, 0.6) is 0 Å². The van der Waals surface area contributed by atoms with Crippen molar-refractivity contribution in [3.05, 3.63) is 35.6 Å². The maximum Gasteiger partial charge on any atom is 0.123 e. The summed E-state index contributed by atoms with van der Waals surface area (Å²) in [6.45, 7) is 6.80. The molecule has 2 nitrogen and oxygen atoms in total. The van der Waals surface area contributed by atoms with Crippen LogP contribution in [0.1, 0.15) is 50.6 Å². The Hall–Kier alpha value is -0.930. The zero-order valence-corrected chi connectivity index (χ0v) is 12.6. The first-order valence-corrected chi connectivity index (χ1v) is 8.01. The molecular weight excluding hydrogens is 251 g/mol. The van der Waals surface area contributed by atoms with Crippen molar-refractivity contribution < 1.29 is 4.39 Å². The fraction of sp³-hybridized carbons (Fsp3) is 0.647. The average molecular weight is 278 g/mol. The fourth-order valence-corrected chi connectivity index (χ4v) is 2.95. The van der Waals surface area contributed by atoms with Crippen molar-refractivity contribution >= 4 is 0 Å². The normalized spacial score (nSPS) is 18.7. The predicted octanol–water partition coefficient (Wildman–Crippen LogP) is 3.74. The first-order chi connectivity index (χ1) is 9.79. The molecule has 3 heteroatoms. The van der Waals surface area contributed by atoms with Gasteiger partial charge in [-0.25, -0.2) is 4.39 Å². The molecule has 1 heterocycles. The molecule has 0 amide bonds.